The molecule has 1 aliphatic rings. The number of carbonyl (C=O) groups excluding carboxylic acids is 1. The molecule has 2 nitrogen and oxygen atoms in total. The minimum absolute atomic E-state index is 0.0771. The molecule has 0 bridgehead atoms. The lowest BCUT2D eigenvalue weighted by Gasteiger charge is -2.29. The van der Waals surface area contributed by atoms with E-state index in [0.717, 1.165) is 5.92 Å². The molecular weight excluding hydrogens is 447 g/mol. The Labute approximate surface area is 207 Å². The lowest BCUT2D eigenvalue weighted by Crippen LogP contribution is -2.14. The van der Waals surface area contributed by atoms with Crippen molar-refractivity contribution in [3.63, 3.8) is 0 Å². The molecule has 0 aromatic heterocycles. The van der Waals surface area contributed by atoms with Crippen LogP contribution in [-0.2, 0) is 0 Å². The van der Waals surface area contributed by atoms with Gasteiger partial charge < -0.3 is 4.74 Å². The summed E-state index contributed by atoms with van der Waals surface area (Å²) in [6, 6.07) is 15.9. The van der Waals surface area contributed by atoms with E-state index >= 15 is 0 Å². The average molecular weight is 481 g/mol. The number of benzene rings is 3. The Kier molecular flexibility index (Phi) is 8.61. The van der Waals surface area contributed by atoms with Gasteiger partial charge in [-0.25, -0.2) is 9.18 Å². The molecule has 180 valence electrons. The van der Waals surface area contributed by atoms with Crippen molar-refractivity contribution >= 4 is 28.3 Å². The molecule has 4 rings (SSSR count). The van der Waals surface area contributed by atoms with E-state index in [4.69, 9.17) is 16.3 Å². The van der Waals surface area contributed by atoms with Crippen LogP contribution in [0.3, 0.4) is 0 Å². The fourth-order valence-corrected chi connectivity index (χ4v) is 5.35. The van der Waals surface area contributed by atoms with Crippen LogP contribution >= 0.6 is 11.6 Å². The Morgan fingerprint density at radius 1 is 0.941 bits per heavy atom. The third-order valence-electron chi connectivity index (χ3n) is 7.27. The van der Waals surface area contributed by atoms with Crippen molar-refractivity contribution in [1.82, 2.24) is 0 Å². The first-order valence-electron chi connectivity index (χ1n) is 12.7. The second-order valence-electron chi connectivity index (χ2n) is 9.68. The number of unbranched alkanes of at least 4 members (excludes halogenated alkanes) is 4. The Bertz CT molecular complexity index is 1100. The summed E-state index contributed by atoms with van der Waals surface area (Å²) in [6.07, 6.45) is 13.3. The quantitative estimate of drug-likeness (QED) is 0.173. The van der Waals surface area contributed by atoms with Gasteiger partial charge in [0, 0.05) is 5.39 Å². The molecule has 0 amide bonds. The van der Waals surface area contributed by atoms with Gasteiger partial charge in [0.1, 0.15) is 11.6 Å². The van der Waals surface area contributed by atoms with Crippen LogP contribution in [-0.4, -0.2) is 5.97 Å². The van der Waals surface area contributed by atoms with Crippen LogP contribution in [0.5, 0.6) is 5.75 Å². The fourth-order valence-electron chi connectivity index (χ4n) is 5.19. The monoisotopic (exact) mass is 480 g/mol. The summed E-state index contributed by atoms with van der Waals surface area (Å²) in [4.78, 5) is 12.7. The van der Waals surface area contributed by atoms with Crippen molar-refractivity contribution in [2.75, 3.05) is 0 Å². The largest absolute Gasteiger partial charge is 0.423 e. The van der Waals surface area contributed by atoms with E-state index in [1.807, 2.05) is 12.1 Å². The predicted molar refractivity (Wildman–Crippen MR) is 138 cm³/mol. The van der Waals surface area contributed by atoms with Crippen molar-refractivity contribution in [3.8, 4) is 5.75 Å². The van der Waals surface area contributed by atoms with Gasteiger partial charge in [-0.2, -0.15) is 0 Å². The summed E-state index contributed by atoms with van der Waals surface area (Å²) in [7, 11) is 0. The van der Waals surface area contributed by atoms with Gasteiger partial charge in [-0.1, -0.05) is 75.2 Å². The minimum Gasteiger partial charge on any atom is -0.423 e. The highest BCUT2D eigenvalue weighted by Crippen LogP contribution is 2.38. The van der Waals surface area contributed by atoms with Gasteiger partial charge in [0.2, 0.25) is 0 Å². The van der Waals surface area contributed by atoms with Crippen LogP contribution in [0, 0.1) is 11.7 Å². The van der Waals surface area contributed by atoms with Gasteiger partial charge in [0.15, 0.2) is 0 Å². The van der Waals surface area contributed by atoms with Gasteiger partial charge >= 0.3 is 5.97 Å². The normalized spacial score (nSPS) is 18.2. The SMILES string of the molecule is CCCCCCCC1CCC(c2ccc(C(=O)Oc3ccc4c(F)c(Cl)ccc4c3)cc2)CC1. The molecule has 34 heavy (non-hydrogen) atoms. The second-order valence-corrected chi connectivity index (χ2v) is 10.1. The number of rotatable bonds is 9. The third-order valence-corrected chi connectivity index (χ3v) is 7.56. The molecule has 1 aliphatic carbocycles. The standard InChI is InChI=1S/C30H34ClFO2/c1-2-3-4-5-6-7-21-8-10-22(11-9-21)23-12-14-24(15-13-23)30(33)34-26-17-18-27-25(20-26)16-19-28(31)29(27)32/h12-22H,2-11H2,1H3. The van der Waals surface area contributed by atoms with Gasteiger partial charge in [0.05, 0.1) is 10.6 Å². The maximum Gasteiger partial charge on any atom is 0.343 e. The number of fused-ring (bicyclic) bond motifs is 1. The lowest BCUT2D eigenvalue weighted by molar-refractivity contribution is 0.0735. The second kappa shape index (κ2) is 11.8. The van der Waals surface area contributed by atoms with Crippen molar-refractivity contribution in [3.05, 3.63) is 76.6 Å². The van der Waals surface area contributed by atoms with Crippen LogP contribution in [0.2, 0.25) is 5.02 Å². The molecule has 0 atom stereocenters. The first-order chi connectivity index (χ1) is 16.5. The van der Waals surface area contributed by atoms with Crippen LogP contribution in [0.4, 0.5) is 4.39 Å². The molecule has 0 heterocycles. The molecule has 3 aromatic rings. The van der Waals surface area contributed by atoms with Crippen LogP contribution in [0.25, 0.3) is 10.8 Å². The third kappa shape index (κ3) is 6.18. The fraction of sp³-hybridized carbons (Fsp3) is 0.433. The van der Waals surface area contributed by atoms with Crippen molar-refractivity contribution in [2.24, 2.45) is 5.92 Å². The lowest BCUT2D eigenvalue weighted by atomic mass is 9.77. The summed E-state index contributed by atoms with van der Waals surface area (Å²) in [5, 5.41) is 1.12. The zero-order chi connectivity index (χ0) is 23.9. The Morgan fingerprint density at radius 2 is 1.68 bits per heavy atom. The van der Waals surface area contributed by atoms with Crippen LogP contribution in [0.1, 0.15) is 93.0 Å². The van der Waals surface area contributed by atoms with E-state index in [9.17, 15) is 9.18 Å². The smallest absolute Gasteiger partial charge is 0.343 e. The molecular formula is C30H34ClFO2. The van der Waals surface area contributed by atoms with Crippen LogP contribution < -0.4 is 4.74 Å². The zero-order valence-corrected chi connectivity index (χ0v) is 20.8. The highest BCUT2D eigenvalue weighted by Gasteiger charge is 2.22. The molecule has 0 saturated heterocycles. The summed E-state index contributed by atoms with van der Waals surface area (Å²) >= 11 is 5.84. The number of hydrogen-bond acceptors (Lipinski definition) is 2. The molecule has 0 aliphatic heterocycles. The van der Waals surface area contributed by atoms with E-state index in [0.29, 0.717) is 28.0 Å². The molecule has 4 heteroatoms. The molecule has 3 aromatic carbocycles. The summed E-state index contributed by atoms with van der Waals surface area (Å²) in [5.74, 6) is 0.985. The number of ether oxygens (including phenoxy) is 1. The van der Waals surface area contributed by atoms with E-state index in [2.05, 4.69) is 19.1 Å². The molecule has 0 spiro atoms. The van der Waals surface area contributed by atoms with E-state index in [-0.39, 0.29) is 5.02 Å². The summed E-state index contributed by atoms with van der Waals surface area (Å²) in [6.45, 7) is 2.27. The molecule has 0 radical (unpaired) electrons. The molecule has 1 fully saturated rings. The van der Waals surface area contributed by atoms with E-state index in [1.165, 1.54) is 75.8 Å². The zero-order valence-electron chi connectivity index (χ0n) is 20.0. The van der Waals surface area contributed by atoms with Gasteiger partial charge in [0.25, 0.3) is 0 Å². The van der Waals surface area contributed by atoms with Crippen molar-refractivity contribution in [1.29, 1.82) is 0 Å². The highest BCUT2D eigenvalue weighted by molar-refractivity contribution is 6.31. The first-order valence-corrected chi connectivity index (χ1v) is 13.1. The predicted octanol–water partition coefficient (Wildman–Crippen LogP) is 9.49. The summed E-state index contributed by atoms with van der Waals surface area (Å²) < 4.78 is 19.7. The number of halogens is 2. The number of esters is 1. The maximum absolute atomic E-state index is 14.1. The summed E-state index contributed by atoms with van der Waals surface area (Å²) in [5.41, 5.74) is 1.84. The van der Waals surface area contributed by atoms with Gasteiger partial charge in [-0.15, -0.1) is 0 Å². The maximum atomic E-state index is 14.1. The Hall–Kier alpha value is -2.39. The van der Waals surface area contributed by atoms with Crippen LogP contribution in [0.15, 0.2) is 54.6 Å². The van der Waals surface area contributed by atoms with Gasteiger partial charge in [-0.05, 0) is 84.9 Å². The Balaban J connectivity index is 1.29. The number of carbonyl (C=O) groups is 1. The van der Waals surface area contributed by atoms with E-state index in [1.54, 1.807) is 24.3 Å². The average Bonchev–Trinajstić information content (AvgIpc) is 2.87. The Morgan fingerprint density at radius 3 is 2.41 bits per heavy atom. The molecule has 1 saturated carbocycles. The number of hydrogen-bond donors (Lipinski definition) is 0. The van der Waals surface area contributed by atoms with Gasteiger partial charge in [-0.3, -0.25) is 0 Å². The molecule has 0 unspecified atom stereocenters. The van der Waals surface area contributed by atoms with Crippen molar-refractivity contribution < 1.29 is 13.9 Å². The van der Waals surface area contributed by atoms with Crippen molar-refractivity contribution in [2.45, 2.75) is 77.0 Å². The van der Waals surface area contributed by atoms with E-state index < -0.39 is 11.8 Å². The molecule has 0 N–H and O–H groups in total. The first kappa shape index (κ1) is 24.7. The highest BCUT2D eigenvalue weighted by atomic mass is 35.5. The minimum atomic E-state index is -0.464. The topological polar surface area (TPSA) is 26.3 Å².